The maximum Gasteiger partial charge on any atom is 0.224 e. The molecule has 0 spiro atoms. The molecule has 0 bridgehead atoms. The molecule has 1 N–H and O–H groups in total. The third kappa shape index (κ3) is 3.91. The van der Waals surface area contributed by atoms with Crippen molar-refractivity contribution in [2.45, 2.75) is 20.3 Å². The van der Waals surface area contributed by atoms with E-state index in [1.807, 2.05) is 26.0 Å². The zero-order valence-corrected chi connectivity index (χ0v) is 12.5. The molecule has 18 heavy (non-hydrogen) atoms. The molecular weight excluding hydrogens is 298 g/mol. The van der Waals surface area contributed by atoms with E-state index in [2.05, 4.69) is 21.2 Å². The van der Waals surface area contributed by atoms with E-state index in [9.17, 15) is 4.79 Å². The van der Waals surface area contributed by atoms with E-state index in [4.69, 9.17) is 9.47 Å². The van der Waals surface area contributed by atoms with Crippen LogP contribution in [0, 0.1) is 0 Å². The molecule has 0 saturated heterocycles. The molecule has 0 radical (unpaired) electrons. The minimum Gasteiger partial charge on any atom is -0.490 e. The van der Waals surface area contributed by atoms with Crippen molar-refractivity contribution in [1.29, 1.82) is 0 Å². The monoisotopic (exact) mass is 315 g/mol. The SMILES string of the molecule is CCOc1cc(Br)c(CC(=O)NC)cc1OCC. The van der Waals surface area contributed by atoms with Crippen molar-refractivity contribution in [3.8, 4) is 11.5 Å². The summed E-state index contributed by atoms with van der Waals surface area (Å²) in [4.78, 5) is 11.4. The molecule has 1 amide bonds. The minimum absolute atomic E-state index is 0.0395. The second kappa shape index (κ2) is 7.26. The molecule has 1 aromatic carbocycles. The smallest absolute Gasteiger partial charge is 0.224 e. The van der Waals surface area contributed by atoms with E-state index in [0.29, 0.717) is 31.1 Å². The second-order valence-electron chi connectivity index (χ2n) is 3.61. The number of likely N-dealkylation sites (N-methyl/N-ethyl adjacent to an activating group) is 1. The molecule has 0 atom stereocenters. The maximum absolute atomic E-state index is 11.4. The van der Waals surface area contributed by atoms with Gasteiger partial charge in [-0.3, -0.25) is 4.79 Å². The molecule has 0 saturated carbocycles. The summed E-state index contributed by atoms with van der Waals surface area (Å²) in [5.41, 5.74) is 0.876. The van der Waals surface area contributed by atoms with Gasteiger partial charge in [0.05, 0.1) is 19.6 Å². The van der Waals surface area contributed by atoms with Crippen LogP contribution in [0.4, 0.5) is 0 Å². The predicted molar refractivity (Wildman–Crippen MR) is 74.3 cm³/mol. The Morgan fingerprint density at radius 1 is 1.22 bits per heavy atom. The average molecular weight is 316 g/mol. The van der Waals surface area contributed by atoms with E-state index in [0.717, 1.165) is 10.0 Å². The van der Waals surface area contributed by atoms with Crippen molar-refractivity contribution in [2.24, 2.45) is 0 Å². The van der Waals surface area contributed by atoms with Gasteiger partial charge in [-0.1, -0.05) is 15.9 Å². The fraction of sp³-hybridized carbons (Fsp3) is 0.462. The van der Waals surface area contributed by atoms with Crippen LogP contribution in [-0.4, -0.2) is 26.2 Å². The Kier molecular flexibility index (Phi) is 5.98. The fourth-order valence-corrected chi connectivity index (χ4v) is 1.97. The lowest BCUT2D eigenvalue weighted by atomic mass is 10.1. The summed E-state index contributed by atoms with van der Waals surface area (Å²) in [6.07, 6.45) is 0.309. The summed E-state index contributed by atoms with van der Waals surface area (Å²) >= 11 is 3.44. The average Bonchev–Trinajstić information content (AvgIpc) is 2.35. The van der Waals surface area contributed by atoms with Gasteiger partial charge >= 0.3 is 0 Å². The van der Waals surface area contributed by atoms with Crippen LogP contribution in [0.1, 0.15) is 19.4 Å². The van der Waals surface area contributed by atoms with Crippen LogP contribution < -0.4 is 14.8 Å². The molecule has 0 aromatic heterocycles. The van der Waals surface area contributed by atoms with E-state index in [1.54, 1.807) is 7.05 Å². The van der Waals surface area contributed by atoms with Gasteiger partial charge in [0.1, 0.15) is 0 Å². The topological polar surface area (TPSA) is 47.6 Å². The van der Waals surface area contributed by atoms with Crippen molar-refractivity contribution in [1.82, 2.24) is 5.32 Å². The van der Waals surface area contributed by atoms with Gasteiger partial charge in [-0.05, 0) is 31.5 Å². The number of rotatable bonds is 6. The summed E-state index contributed by atoms with van der Waals surface area (Å²) in [6.45, 7) is 4.96. The number of benzene rings is 1. The molecule has 0 aliphatic rings. The second-order valence-corrected chi connectivity index (χ2v) is 4.46. The first-order chi connectivity index (χ1) is 8.62. The lowest BCUT2D eigenvalue weighted by molar-refractivity contribution is -0.119. The molecule has 0 unspecified atom stereocenters. The highest BCUT2D eigenvalue weighted by molar-refractivity contribution is 9.10. The van der Waals surface area contributed by atoms with Gasteiger partial charge < -0.3 is 14.8 Å². The Morgan fingerprint density at radius 3 is 2.28 bits per heavy atom. The zero-order valence-electron chi connectivity index (χ0n) is 10.9. The maximum atomic E-state index is 11.4. The summed E-state index contributed by atoms with van der Waals surface area (Å²) < 4.78 is 11.9. The van der Waals surface area contributed by atoms with Crippen molar-refractivity contribution in [3.63, 3.8) is 0 Å². The molecule has 0 aliphatic heterocycles. The van der Waals surface area contributed by atoms with Crippen LogP contribution >= 0.6 is 15.9 Å². The van der Waals surface area contributed by atoms with Crippen molar-refractivity contribution < 1.29 is 14.3 Å². The Morgan fingerprint density at radius 2 is 1.78 bits per heavy atom. The standard InChI is InChI=1S/C13H18BrNO3/c1-4-17-11-6-9(7-13(16)15-3)10(14)8-12(11)18-5-2/h6,8H,4-5,7H2,1-3H3,(H,15,16). The fourth-order valence-electron chi connectivity index (χ4n) is 1.51. The van der Waals surface area contributed by atoms with Crippen LogP contribution in [0.15, 0.2) is 16.6 Å². The van der Waals surface area contributed by atoms with Crippen LogP contribution in [0.5, 0.6) is 11.5 Å². The Hall–Kier alpha value is -1.23. The van der Waals surface area contributed by atoms with Crippen molar-refractivity contribution in [3.05, 3.63) is 22.2 Å². The number of halogens is 1. The van der Waals surface area contributed by atoms with E-state index in [-0.39, 0.29) is 5.91 Å². The lowest BCUT2D eigenvalue weighted by Gasteiger charge is -2.14. The van der Waals surface area contributed by atoms with Crippen LogP contribution in [-0.2, 0) is 11.2 Å². The first-order valence-corrected chi connectivity index (χ1v) is 6.70. The Labute approximate surface area is 116 Å². The zero-order chi connectivity index (χ0) is 13.5. The molecule has 0 aliphatic carbocycles. The molecular formula is C13H18BrNO3. The summed E-state index contributed by atoms with van der Waals surface area (Å²) in [6, 6.07) is 3.68. The molecule has 0 heterocycles. The Balaban J connectivity index is 3.05. The number of hydrogen-bond acceptors (Lipinski definition) is 3. The third-order valence-electron chi connectivity index (χ3n) is 2.34. The van der Waals surface area contributed by atoms with Gasteiger partial charge in [0, 0.05) is 11.5 Å². The van der Waals surface area contributed by atoms with Gasteiger partial charge in [0.15, 0.2) is 11.5 Å². The van der Waals surface area contributed by atoms with Crippen LogP contribution in [0.25, 0.3) is 0 Å². The number of carbonyl (C=O) groups excluding carboxylic acids is 1. The molecule has 5 heteroatoms. The molecule has 1 aromatic rings. The van der Waals surface area contributed by atoms with Crippen molar-refractivity contribution >= 4 is 21.8 Å². The third-order valence-corrected chi connectivity index (χ3v) is 3.08. The lowest BCUT2D eigenvalue weighted by Crippen LogP contribution is -2.20. The quantitative estimate of drug-likeness (QED) is 0.877. The number of amides is 1. The van der Waals surface area contributed by atoms with E-state index >= 15 is 0 Å². The minimum atomic E-state index is -0.0395. The number of carbonyl (C=O) groups is 1. The number of hydrogen-bond donors (Lipinski definition) is 1. The van der Waals surface area contributed by atoms with Gasteiger partial charge in [-0.15, -0.1) is 0 Å². The highest BCUT2D eigenvalue weighted by Crippen LogP contribution is 2.34. The van der Waals surface area contributed by atoms with Gasteiger partial charge in [0.25, 0.3) is 0 Å². The largest absolute Gasteiger partial charge is 0.490 e. The predicted octanol–water partition coefficient (Wildman–Crippen LogP) is 2.54. The van der Waals surface area contributed by atoms with Gasteiger partial charge in [-0.2, -0.15) is 0 Å². The van der Waals surface area contributed by atoms with E-state index < -0.39 is 0 Å². The first kappa shape index (κ1) is 14.8. The first-order valence-electron chi connectivity index (χ1n) is 5.90. The number of ether oxygens (including phenoxy) is 2. The number of nitrogens with one attached hydrogen (secondary N) is 1. The van der Waals surface area contributed by atoms with Crippen LogP contribution in [0.2, 0.25) is 0 Å². The van der Waals surface area contributed by atoms with Gasteiger partial charge in [0.2, 0.25) is 5.91 Å². The highest BCUT2D eigenvalue weighted by Gasteiger charge is 2.12. The summed E-state index contributed by atoms with van der Waals surface area (Å²) in [5, 5.41) is 2.60. The van der Waals surface area contributed by atoms with Crippen molar-refractivity contribution in [2.75, 3.05) is 20.3 Å². The van der Waals surface area contributed by atoms with Crippen LogP contribution in [0.3, 0.4) is 0 Å². The Bertz CT molecular complexity index is 421. The molecule has 4 nitrogen and oxygen atoms in total. The summed E-state index contributed by atoms with van der Waals surface area (Å²) in [5.74, 6) is 1.32. The normalized spacial score (nSPS) is 10.0. The molecule has 100 valence electrons. The van der Waals surface area contributed by atoms with E-state index in [1.165, 1.54) is 0 Å². The molecule has 1 rings (SSSR count). The highest BCUT2D eigenvalue weighted by atomic mass is 79.9. The summed E-state index contributed by atoms with van der Waals surface area (Å²) in [7, 11) is 1.62. The molecule has 0 fully saturated rings. The van der Waals surface area contributed by atoms with Gasteiger partial charge in [-0.25, -0.2) is 0 Å².